The zero-order valence-corrected chi connectivity index (χ0v) is 12.8. The first kappa shape index (κ1) is 14.5. The van der Waals surface area contributed by atoms with Gasteiger partial charge >= 0.3 is 5.69 Å². The Bertz CT molecular complexity index is 842. The third-order valence-electron chi connectivity index (χ3n) is 3.52. The first-order valence-electron chi connectivity index (χ1n) is 6.47. The number of rotatable bonds is 2. The van der Waals surface area contributed by atoms with E-state index in [1.807, 2.05) is 12.1 Å². The number of carbonyl (C=O) groups is 1. The van der Waals surface area contributed by atoms with E-state index in [9.17, 15) is 20.0 Å². The summed E-state index contributed by atoms with van der Waals surface area (Å²) < 4.78 is 0.903. The van der Waals surface area contributed by atoms with Crippen molar-refractivity contribution in [2.24, 2.45) is 0 Å². The van der Waals surface area contributed by atoms with Crippen LogP contribution in [0.1, 0.15) is 21.5 Å². The first-order chi connectivity index (χ1) is 10.5. The molecule has 0 heterocycles. The van der Waals surface area contributed by atoms with Gasteiger partial charge in [-0.25, -0.2) is 0 Å². The maximum Gasteiger partial charge on any atom is 0.311 e. The van der Waals surface area contributed by atoms with Crippen LogP contribution in [-0.4, -0.2) is 15.8 Å². The first-order valence-corrected chi connectivity index (χ1v) is 7.26. The molecule has 0 aliphatic heterocycles. The van der Waals surface area contributed by atoms with Crippen LogP contribution in [0.15, 0.2) is 46.4 Å². The molecule has 0 saturated heterocycles. The second-order valence-electron chi connectivity index (χ2n) is 4.98. The van der Waals surface area contributed by atoms with Crippen molar-refractivity contribution in [2.75, 3.05) is 0 Å². The Hall–Kier alpha value is -2.47. The van der Waals surface area contributed by atoms with Gasteiger partial charge in [0.15, 0.2) is 11.5 Å². The average Bonchev–Trinajstić information content (AvgIpc) is 2.76. The van der Waals surface area contributed by atoms with Gasteiger partial charge in [0.1, 0.15) is 0 Å². The normalized spacial score (nSPS) is 15.1. The molecule has 0 saturated carbocycles. The molecule has 0 atom stereocenters. The number of phenolic OH excluding ortho intramolecular Hbond substituents is 1. The summed E-state index contributed by atoms with van der Waals surface area (Å²) in [5.74, 6) is -0.463. The Morgan fingerprint density at radius 3 is 2.73 bits per heavy atom. The van der Waals surface area contributed by atoms with E-state index in [1.165, 1.54) is 12.1 Å². The third kappa shape index (κ3) is 2.53. The van der Waals surface area contributed by atoms with E-state index in [0.29, 0.717) is 23.1 Å². The second kappa shape index (κ2) is 5.38. The molecule has 0 aromatic heterocycles. The van der Waals surface area contributed by atoms with Crippen molar-refractivity contribution in [3.05, 3.63) is 73.2 Å². The van der Waals surface area contributed by atoms with Gasteiger partial charge in [0.25, 0.3) is 0 Å². The number of halogens is 1. The van der Waals surface area contributed by atoms with Gasteiger partial charge in [-0.3, -0.25) is 14.9 Å². The van der Waals surface area contributed by atoms with Gasteiger partial charge in [-0.2, -0.15) is 0 Å². The summed E-state index contributed by atoms with van der Waals surface area (Å²) >= 11 is 3.37. The number of allylic oxidation sites excluding steroid dienone is 1. The molecule has 0 spiro atoms. The van der Waals surface area contributed by atoms with Gasteiger partial charge in [0, 0.05) is 28.1 Å². The molecule has 0 amide bonds. The van der Waals surface area contributed by atoms with Crippen LogP contribution in [0.25, 0.3) is 6.08 Å². The number of phenols is 1. The van der Waals surface area contributed by atoms with Crippen LogP contribution in [0.3, 0.4) is 0 Å². The fourth-order valence-corrected chi connectivity index (χ4v) is 2.89. The topological polar surface area (TPSA) is 80.4 Å². The fourth-order valence-electron chi connectivity index (χ4n) is 2.48. The van der Waals surface area contributed by atoms with Crippen molar-refractivity contribution < 1.29 is 14.8 Å². The van der Waals surface area contributed by atoms with E-state index >= 15 is 0 Å². The van der Waals surface area contributed by atoms with Crippen molar-refractivity contribution in [1.82, 2.24) is 0 Å². The highest BCUT2D eigenvalue weighted by molar-refractivity contribution is 9.10. The quantitative estimate of drug-likeness (QED) is 0.501. The lowest BCUT2D eigenvalue weighted by Gasteiger charge is -1.99. The Balaban J connectivity index is 1.99. The van der Waals surface area contributed by atoms with Gasteiger partial charge in [0.2, 0.25) is 0 Å². The van der Waals surface area contributed by atoms with E-state index in [-0.39, 0.29) is 11.5 Å². The van der Waals surface area contributed by atoms with Crippen molar-refractivity contribution in [1.29, 1.82) is 0 Å². The standard InChI is InChI=1S/C16H10BrNO4/c17-12-2-3-13-10(8-12)7-11(16(13)20)5-9-1-4-15(19)14(6-9)18(21)22/h1-6,8,19H,7H2/b11-5+. The van der Waals surface area contributed by atoms with Crippen LogP contribution < -0.4 is 0 Å². The molecular weight excluding hydrogens is 350 g/mol. The lowest BCUT2D eigenvalue weighted by molar-refractivity contribution is -0.385. The van der Waals surface area contributed by atoms with Crippen LogP contribution in [0.4, 0.5) is 5.69 Å². The summed E-state index contributed by atoms with van der Waals surface area (Å²) in [6, 6.07) is 9.53. The molecule has 1 aliphatic rings. The molecule has 1 N–H and O–H groups in total. The molecule has 0 radical (unpaired) electrons. The van der Waals surface area contributed by atoms with Crippen molar-refractivity contribution >= 4 is 33.5 Å². The number of ketones is 1. The average molecular weight is 360 g/mol. The smallest absolute Gasteiger partial charge is 0.311 e. The molecule has 5 nitrogen and oxygen atoms in total. The number of hydrogen-bond donors (Lipinski definition) is 1. The Kier molecular flexibility index (Phi) is 3.54. The Labute approximate surface area is 134 Å². The molecule has 0 fully saturated rings. The number of hydrogen-bond acceptors (Lipinski definition) is 4. The van der Waals surface area contributed by atoms with E-state index in [0.717, 1.165) is 10.0 Å². The number of aromatic hydroxyl groups is 1. The maximum absolute atomic E-state index is 12.3. The number of benzene rings is 2. The van der Waals surface area contributed by atoms with Crippen LogP contribution in [0, 0.1) is 10.1 Å². The summed E-state index contributed by atoms with van der Waals surface area (Å²) in [4.78, 5) is 22.5. The van der Waals surface area contributed by atoms with Gasteiger partial charge < -0.3 is 5.11 Å². The van der Waals surface area contributed by atoms with Crippen molar-refractivity contribution in [3.63, 3.8) is 0 Å². The number of Topliss-reactive ketones (excluding diaryl/α,β-unsaturated/α-hetero) is 1. The molecule has 22 heavy (non-hydrogen) atoms. The fraction of sp³-hybridized carbons (Fsp3) is 0.0625. The predicted octanol–water partition coefficient (Wildman–Crippen LogP) is 3.89. The zero-order valence-electron chi connectivity index (χ0n) is 11.2. The van der Waals surface area contributed by atoms with Gasteiger partial charge in [-0.15, -0.1) is 0 Å². The van der Waals surface area contributed by atoms with Crippen LogP contribution in [0.2, 0.25) is 0 Å². The van der Waals surface area contributed by atoms with E-state index in [1.54, 1.807) is 18.2 Å². The zero-order chi connectivity index (χ0) is 15.9. The minimum atomic E-state index is -0.653. The van der Waals surface area contributed by atoms with Gasteiger partial charge in [-0.05, 0) is 41.5 Å². The molecular formula is C16H10BrNO4. The maximum atomic E-state index is 12.3. The SMILES string of the molecule is O=C1/C(=C/c2ccc(O)c([N+](=O)[O-])c2)Cc2cc(Br)ccc21. The van der Waals surface area contributed by atoms with E-state index in [4.69, 9.17) is 0 Å². The second-order valence-corrected chi connectivity index (χ2v) is 5.90. The number of nitro groups is 1. The molecule has 0 bridgehead atoms. The van der Waals surface area contributed by atoms with E-state index in [2.05, 4.69) is 15.9 Å². The highest BCUT2D eigenvalue weighted by atomic mass is 79.9. The van der Waals surface area contributed by atoms with E-state index < -0.39 is 10.7 Å². The Morgan fingerprint density at radius 1 is 1.23 bits per heavy atom. The lowest BCUT2D eigenvalue weighted by atomic mass is 10.1. The summed E-state index contributed by atoms with van der Waals surface area (Å²) in [5.41, 5.74) is 2.30. The number of nitrogens with zero attached hydrogens (tertiary/aromatic N) is 1. The third-order valence-corrected chi connectivity index (χ3v) is 4.01. The highest BCUT2D eigenvalue weighted by Gasteiger charge is 2.25. The van der Waals surface area contributed by atoms with Gasteiger partial charge in [0.05, 0.1) is 4.92 Å². The number of nitro benzene ring substituents is 1. The molecule has 110 valence electrons. The van der Waals surface area contributed by atoms with Crippen LogP contribution in [-0.2, 0) is 6.42 Å². The molecule has 6 heteroatoms. The number of carbonyl (C=O) groups excluding carboxylic acids is 1. The van der Waals surface area contributed by atoms with Crippen molar-refractivity contribution in [3.8, 4) is 5.75 Å². The largest absolute Gasteiger partial charge is 0.502 e. The van der Waals surface area contributed by atoms with Crippen LogP contribution >= 0.6 is 15.9 Å². The monoisotopic (exact) mass is 359 g/mol. The summed E-state index contributed by atoms with van der Waals surface area (Å²) in [5, 5.41) is 20.3. The summed E-state index contributed by atoms with van der Waals surface area (Å²) in [7, 11) is 0. The van der Waals surface area contributed by atoms with Gasteiger partial charge in [-0.1, -0.05) is 22.0 Å². The summed E-state index contributed by atoms with van der Waals surface area (Å²) in [6.07, 6.45) is 2.12. The Morgan fingerprint density at radius 2 is 2.00 bits per heavy atom. The molecule has 1 aliphatic carbocycles. The minimum Gasteiger partial charge on any atom is -0.502 e. The minimum absolute atomic E-state index is 0.0711. The van der Waals surface area contributed by atoms with Crippen molar-refractivity contribution in [2.45, 2.75) is 6.42 Å². The molecule has 2 aromatic rings. The lowest BCUT2D eigenvalue weighted by Crippen LogP contribution is -1.95. The molecule has 2 aromatic carbocycles. The highest BCUT2D eigenvalue weighted by Crippen LogP contribution is 2.32. The molecule has 3 rings (SSSR count). The number of fused-ring (bicyclic) bond motifs is 1. The van der Waals surface area contributed by atoms with Crippen LogP contribution in [0.5, 0.6) is 5.75 Å². The summed E-state index contributed by atoms with van der Waals surface area (Å²) in [6.45, 7) is 0. The molecule has 0 unspecified atom stereocenters. The predicted molar refractivity (Wildman–Crippen MR) is 84.9 cm³/mol.